The Hall–Kier alpha value is 0.0200. The monoisotopic (exact) mass is 77.0 g/mol. The Morgan fingerprint density at radius 2 is 2.75 bits per heavy atom. The van der Waals surface area contributed by atoms with Gasteiger partial charge < -0.3 is 0 Å². The van der Waals surface area contributed by atoms with Crippen molar-refractivity contribution in [1.29, 1.82) is 0 Å². The van der Waals surface area contributed by atoms with Crippen molar-refractivity contribution in [2.24, 2.45) is 4.36 Å². The third-order valence-electron chi connectivity index (χ3n) is 0.105. The number of rotatable bonds is 1. The molecular formula is C2H5NS. The molecule has 0 aromatic rings. The number of nitrogens with zero attached hydrogens (tertiary/aromatic N) is 1. The van der Waals surface area contributed by atoms with E-state index in [9.17, 15) is 0 Å². The van der Waals surface area contributed by atoms with Gasteiger partial charge in [-0.2, -0.15) is 0 Å². The standard InChI is InChI=1S/C2H5NS/c1-2-3-4/h2H2,1H3/i2T. The van der Waals surface area contributed by atoms with Crippen LogP contribution in [0.25, 0.3) is 0 Å². The highest BCUT2D eigenvalue weighted by molar-refractivity contribution is 7.47. The van der Waals surface area contributed by atoms with E-state index in [4.69, 9.17) is 1.37 Å². The van der Waals surface area contributed by atoms with Crippen LogP contribution < -0.4 is 0 Å². The van der Waals surface area contributed by atoms with E-state index in [-0.39, 0.29) is 0 Å². The first-order chi connectivity index (χ1) is 2.27. The molecular weight excluding hydrogens is 70.1 g/mol. The lowest BCUT2D eigenvalue weighted by Gasteiger charge is -1.57. The SMILES string of the molecule is [3H]C(C)N=S. The van der Waals surface area contributed by atoms with Crippen LogP contribution >= 0.6 is 0 Å². The summed E-state index contributed by atoms with van der Waals surface area (Å²) in [6.07, 6.45) is 0. The Morgan fingerprint density at radius 3 is 2.75 bits per heavy atom. The van der Waals surface area contributed by atoms with Crippen molar-refractivity contribution in [3.05, 3.63) is 0 Å². The molecule has 0 bridgehead atoms. The number of hydrogen-bond donors (Lipinski definition) is 0. The zero-order chi connectivity index (χ0) is 4.28. The first-order valence-electron chi connectivity index (χ1n) is 1.60. The Kier molecular flexibility index (Phi) is 1.71. The molecule has 0 heterocycles. The van der Waals surface area contributed by atoms with Gasteiger partial charge in [0.05, 0.1) is 1.37 Å². The average Bonchev–Trinajstić information content (AvgIpc) is 1.38. The highest BCUT2D eigenvalue weighted by Crippen LogP contribution is 1.52. The van der Waals surface area contributed by atoms with E-state index in [0.717, 1.165) is 0 Å². The van der Waals surface area contributed by atoms with Gasteiger partial charge in [-0.15, -0.1) is 0 Å². The van der Waals surface area contributed by atoms with E-state index < -0.39 is 6.52 Å². The minimum Gasteiger partial charge on any atom is -0.220 e. The first kappa shape index (κ1) is 2.27. The van der Waals surface area contributed by atoms with Gasteiger partial charge in [0, 0.05) is 18.9 Å². The zero-order valence-electron chi connectivity index (χ0n) is 3.43. The summed E-state index contributed by atoms with van der Waals surface area (Å²) in [6.45, 7) is 1.19. The Morgan fingerprint density at radius 1 is 2.50 bits per heavy atom. The van der Waals surface area contributed by atoms with Gasteiger partial charge in [-0.3, -0.25) is 0 Å². The van der Waals surface area contributed by atoms with Crippen molar-refractivity contribution in [3.63, 3.8) is 0 Å². The van der Waals surface area contributed by atoms with Crippen LogP contribution in [0.5, 0.6) is 0 Å². The van der Waals surface area contributed by atoms with Gasteiger partial charge >= 0.3 is 0 Å². The van der Waals surface area contributed by atoms with Crippen molar-refractivity contribution < 1.29 is 1.37 Å². The Labute approximate surface area is 32.6 Å². The molecule has 0 radical (unpaired) electrons. The second-order valence-corrected chi connectivity index (χ2v) is 0.574. The van der Waals surface area contributed by atoms with Crippen molar-refractivity contribution in [2.45, 2.75) is 6.92 Å². The third kappa shape index (κ3) is 2.02. The lowest BCUT2D eigenvalue weighted by atomic mass is 10.8. The van der Waals surface area contributed by atoms with Crippen LogP contribution in [-0.2, 0) is 12.4 Å². The van der Waals surface area contributed by atoms with Gasteiger partial charge in [-0.1, -0.05) is 0 Å². The molecule has 0 fully saturated rings. The zero-order valence-corrected chi connectivity index (χ0v) is 3.25. The molecule has 24 valence electrons. The van der Waals surface area contributed by atoms with E-state index in [1.54, 1.807) is 6.92 Å². The van der Waals surface area contributed by atoms with E-state index in [1.165, 1.54) is 0 Å². The fourth-order valence-corrected chi connectivity index (χ4v) is 0. The summed E-state index contributed by atoms with van der Waals surface area (Å²) in [6, 6.07) is 0. The largest absolute Gasteiger partial charge is 0.220 e. The molecule has 0 aliphatic heterocycles. The Bertz CT molecular complexity index is 36.6. The highest BCUT2D eigenvalue weighted by Gasteiger charge is 1.46. The maximum absolute atomic E-state index is 6.56. The topological polar surface area (TPSA) is 12.4 Å². The summed E-state index contributed by atoms with van der Waals surface area (Å²) in [7, 11) is 0. The molecule has 0 aliphatic carbocycles. The van der Waals surface area contributed by atoms with Gasteiger partial charge in [-0.05, 0) is 6.92 Å². The summed E-state index contributed by atoms with van der Waals surface area (Å²) in [4.78, 5) is 0. The molecule has 0 aromatic carbocycles. The van der Waals surface area contributed by atoms with E-state index >= 15 is 0 Å². The van der Waals surface area contributed by atoms with Crippen LogP contribution in [0.4, 0.5) is 0 Å². The summed E-state index contributed by atoms with van der Waals surface area (Å²) in [5.74, 6) is 0. The van der Waals surface area contributed by atoms with Crippen molar-refractivity contribution in [1.82, 2.24) is 0 Å². The Balaban J connectivity index is 2.83. The minimum atomic E-state index is -0.426. The van der Waals surface area contributed by atoms with Crippen molar-refractivity contribution in [3.8, 4) is 0 Å². The maximum Gasteiger partial charge on any atom is 0.0523 e. The molecule has 0 amide bonds. The van der Waals surface area contributed by atoms with Gasteiger partial charge in [0.2, 0.25) is 0 Å². The molecule has 0 aromatic heterocycles. The third-order valence-corrected chi connectivity index (χ3v) is 0.316. The molecule has 0 aliphatic rings. The van der Waals surface area contributed by atoms with E-state index in [2.05, 4.69) is 16.8 Å². The lowest BCUT2D eigenvalue weighted by Crippen LogP contribution is -1.53. The highest BCUT2D eigenvalue weighted by atomic mass is 32.1. The van der Waals surface area contributed by atoms with Gasteiger partial charge in [0.1, 0.15) is 0 Å². The molecule has 0 saturated heterocycles. The fourth-order valence-electron chi connectivity index (χ4n) is 0. The molecule has 0 rings (SSSR count). The maximum atomic E-state index is 6.56. The first-order valence-corrected chi connectivity index (χ1v) is 1.38. The minimum absolute atomic E-state index is 0.426. The average molecular weight is 77.1 g/mol. The summed E-state index contributed by atoms with van der Waals surface area (Å²) >= 11 is 4.11. The van der Waals surface area contributed by atoms with Crippen LogP contribution in [0.2, 0.25) is 0 Å². The van der Waals surface area contributed by atoms with Crippen molar-refractivity contribution in [2.75, 3.05) is 6.52 Å². The summed E-state index contributed by atoms with van der Waals surface area (Å²) in [5, 5.41) is 0. The second-order valence-electron chi connectivity index (χ2n) is 0.364. The second kappa shape index (κ2) is 3.02. The molecule has 0 spiro atoms. The molecule has 1 atom stereocenters. The molecule has 0 N–H and O–H groups in total. The summed E-state index contributed by atoms with van der Waals surface area (Å²) in [5.41, 5.74) is 0. The predicted molar refractivity (Wildman–Crippen MR) is 20.3 cm³/mol. The lowest BCUT2D eigenvalue weighted by molar-refractivity contribution is 1.16. The van der Waals surface area contributed by atoms with Gasteiger partial charge in [0.25, 0.3) is 0 Å². The van der Waals surface area contributed by atoms with E-state index in [1.807, 2.05) is 0 Å². The smallest absolute Gasteiger partial charge is 0.0523 e. The van der Waals surface area contributed by atoms with Crippen LogP contribution in [0.1, 0.15) is 8.29 Å². The van der Waals surface area contributed by atoms with Crippen LogP contribution in [0.15, 0.2) is 4.36 Å². The molecule has 1 nitrogen and oxygen atoms in total. The fraction of sp³-hybridized carbons (Fsp3) is 1.00. The quantitative estimate of drug-likeness (QED) is 0.449. The number of hydrogen-bond acceptors (Lipinski definition) is 2. The molecule has 4 heavy (non-hydrogen) atoms. The van der Waals surface area contributed by atoms with Crippen molar-refractivity contribution >= 4 is 12.4 Å². The van der Waals surface area contributed by atoms with Gasteiger partial charge in [-0.25, -0.2) is 4.36 Å². The van der Waals surface area contributed by atoms with Gasteiger partial charge in [0.15, 0.2) is 0 Å². The van der Waals surface area contributed by atoms with E-state index in [0.29, 0.717) is 0 Å². The van der Waals surface area contributed by atoms with Crippen LogP contribution in [-0.4, -0.2) is 6.52 Å². The molecule has 1 unspecified atom stereocenters. The molecule has 2 heteroatoms. The predicted octanol–water partition coefficient (Wildman–Crippen LogP) is 0.737. The van der Waals surface area contributed by atoms with Crippen LogP contribution in [0, 0.1) is 0 Å². The molecule has 0 saturated carbocycles. The van der Waals surface area contributed by atoms with Crippen LogP contribution in [0.3, 0.4) is 0 Å². The summed E-state index contributed by atoms with van der Waals surface area (Å²) < 4.78 is 9.69. The normalized spacial score (nSPS) is 17.8.